The predicted molar refractivity (Wildman–Crippen MR) is 53.0 cm³/mol. The lowest BCUT2D eigenvalue weighted by Crippen LogP contribution is -2.42. The number of fused-ring (bicyclic) bond motifs is 1. The summed E-state index contributed by atoms with van der Waals surface area (Å²) in [6.07, 6.45) is 1.52. The summed E-state index contributed by atoms with van der Waals surface area (Å²) >= 11 is 0. The zero-order valence-electron chi connectivity index (χ0n) is 8.52. The molecule has 4 atom stereocenters. The number of hydrogen-bond acceptors (Lipinski definition) is 2. The van der Waals surface area contributed by atoms with Crippen LogP contribution in [0.5, 0.6) is 0 Å². The maximum Gasteiger partial charge on any atom is 0.407 e. The van der Waals surface area contributed by atoms with Gasteiger partial charge >= 0.3 is 6.09 Å². The van der Waals surface area contributed by atoms with Crippen LogP contribution in [-0.4, -0.2) is 35.2 Å². The smallest absolute Gasteiger partial charge is 0.407 e. The second-order valence-electron chi connectivity index (χ2n) is 4.74. The van der Waals surface area contributed by atoms with Crippen LogP contribution in [0.3, 0.4) is 0 Å². The lowest BCUT2D eigenvalue weighted by Gasteiger charge is -2.24. The van der Waals surface area contributed by atoms with E-state index in [1.807, 2.05) is 0 Å². The summed E-state index contributed by atoms with van der Waals surface area (Å²) in [5.41, 5.74) is 5.66. The molecule has 1 saturated carbocycles. The second-order valence-corrected chi connectivity index (χ2v) is 4.74. The van der Waals surface area contributed by atoms with Gasteiger partial charge in [0.1, 0.15) is 0 Å². The number of nitrogens with two attached hydrogens (primary N) is 1. The van der Waals surface area contributed by atoms with Crippen molar-refractivity contribution in [3.63, 3.8) is 0 Å². The van der Waals surface area contributed by atoms with E-state index in [2.05, 4.69) is 6.92 Å². The first-order chi connectivity index (χ1) is 6.63. The molecule has 0 radical (unpaired) electrons. The number of carbonyl (C=O) groups is 1. The molecule has 1 saturated heterocycles. The van der Waals surface area contributed by atoms with E-state index in [0.29, 0.717) is 24.9 Å². The molecule has 3 N–H and O–H groups in total. The molecule has 80 valence electrons. The number of amides is 1. The Bertz CT molecular complexity index is 244. The van der Waals surface area contributed by atoms with Crippen LogP contribution in [-0.2, 0) is 0 Å². The summed E-state index contributed by atoms with van der Waals surface area (Å²) < 4.78 is 0. The molecular formula is C10H18N2O2. The van der Waals surface area contributed by atoms with Crippen molar-refractivity contribution in [1.29, 1.82) is 0 Å². The molecule has 2 aliphatic rings. The monoisotopic (exact) mass is 198 g/mol. The molecule has 1 unspecified atom stereocenters. The van der Waals surface area contributed by atoms with Crippen LogP contribution < -0.4 is 5.73 Å². The molecule has 0 aromatic carbocycles. The Balaban J connectivity index is 2.12. The van der Waals surface area contributed by atoms with Crippen molar-refractivity contribution in [2.45, 2.75) is 25.8 Å². The third-order valence-corrected chi connectivity index (χ3v) is 3.80. The van der Waals surface area contributed by atoms with Crippen LogP contribution in [0.4, 0.5) is 4.79 Å². The van der Waals surface area contributed by atoms with Gasteiger partial charge in [-0.05, 0) is 30.6 Å². The third-order valence-electron chi connectivity index (χ3n) is 3.80. The van der Waals surface area contributed by atoms with Gasteiger partial charge in [0.25, 0.3) is 0 Å². The fraction of sp³-hybridized carbons (Fsp3) is 0.900. The maximum atomic E-state index is 11.0. The molecule has 2 rings (SSSR count). The maximum absolute atomic E-state index is 11.0. The minimum Gasteiger partial charge on any atom is -0.465 e. The van der Waals surface area contributed by atoms with Crippen molar-refractivity contribution in [3.05, 3.63) is 0 Å². The van der Waals surface area contributed by atoms with Crippen molar-refractivity contribution >= 4 is 6.09 Å². The summed E-state index contributed by atoms with van der Waals surface area (Å²) in [5, 5.41) is 9.01. The summed E-state index contributed by atoms with van der Waals surface area (Å²) in [4.78, 5) is 12.5. The molecule has 0 bridgehead atoms. The Morgan fingerprint density at radius 1 is 1.57 bits per heavy atom. The summed E-state index contributed by atoms with van der Waals surface area (Å²) in [6.45, 7) is 3.42. The van der Waals surface area contributed by atoms with Gasteiger partial charge in [-0.15, -0.1) is 0 Å². The van der Waals surface area contributed by atoms with Gasteiger partial charge in [0.15, 0.2) is 0 Å². The highest BCUT2D eigenvalue weighted by Crippen LogP contribution is 2.44. The van der Waals surface area contributed by atoms with Crippen LogP contribution in [0.25, 0.3) is 0 Å². The standard InChI is InChI=1S/C10H18N2O2/c1-6-2-7-5-12(10(13)14)9(4-11)8(7)3-6/h6-9H,2-5,11H2,1H3,(H,13,14)/t6?,7-,8-,9+/m0/s1. The van der Waals surface area contributed by atoms with Crippen molar-refractivity contribution < 1.29 is 9.90 Å². The van der Waals surface area contributed by atoms with E-state index < -0.39 is 6.09 Å². The van der Waals surface area contributed by atoms with Gasteiger partial charge < -0.3 is 15.7 Å². The van der Waals surface area contributed by atoms with E-state index in [1.54, 1.807) is 4.90 Å². The SMILES string of the molecule is CC1C[C@H]2CN(C(=O)O)[C@H](CN)[C@H]2C1. The Morgan fingerprint density at radius 3 is 2.86 bits per heavy atom. The van der Waals surface area contributed by atoms with Crippen LogP contribution >= 0.6 is 0 Å². The van der Waals surface area contributed by atoms with Gasteiger partial charge in [-0.25, -0.2) is 4.79 Å². The topological polar surface area (TPSA) is 66.6 Å². The molecule has 4 nitrogen and oxygen atoms in total. The van der Waals surface area contributed by atoms with E-state index in [1.165, 1.54) is 6.42 Å². The molecule has 0 aromatic rings. The van der Waals surface area contributed by atoms with Gasteiger partial charge in [0.2, 0.25) is 0 Å². The summed E-state index contributed by atoms with van der Waals surface area (Å²) in [6, 6.07) is 0.0717. The van der Waals surface area contributed by atoms with E-state index in [4.69, 9.17) is 10.8 Å². The van der Waals surface area contributed by atoms with Crippen LogP contribution in [0.1, 0.15) is 19.8 Å². The minimum absolute atomic E-state index is 0.0717. The van der Waals surface area contributed by atoms with E-state index >= 15 is 0 Å². The molecule has 1 aliphatic heterocycles. The van der Waals surface area contributed by atoms with E-state index in [9.17, 15) is 4.79 Å². The van der Waals surface area contributed by atoms with E-state index in [0.717, 1.165) is 12.3 Å². The van der Waals surface area contributed by atoms with Gasteiger partial charge in [0.05, 0.1) is 6.04 Å². The van der Waals surface area contributed by atoms with Gasteiger partial charge in [0, 0.05) is 13.1 Å². The Morgan fingerprint density at radius 2 is 2.29 bits per heavy atom. The van der Waals surface area contributed by atoms with Crippen molar-refractivity contribution in [1.82, 2.24) is 4.90 Å². The number of rotatable bonds is 1. The number of nitrogens with zero attached hydrogens (tertiary/aromatic N) is 1. The minimum atomic E-state index is -0.803. The Kier molecular flexibility index (Phi) is 2.39. The highest BCUT2D eigenvalue weighted by atomic mass is 16.4. The zero-order chi connectivity index (χ0) is 10.3. The molecule has 1 heterocycles. The van der Waals surface area contributed by atoms with E-state index in [-0.39, 0.29) is 6.04 Å². The zero-order valence-corrected chi connectivity index (χ0v) is 8.52. The van der Waals surface area contributed by atoms with Gasteiger partial charge in [-0.1, -0.05) is 6.92 Å². The first-order valence-corrected chi connectivity index (χ1v) is 5.33. The van der Waals surface area contributed by atoms with Crippen molar-refractivity contribution in [2.24, 2.45) is 23.5 Å². The number of hydrogen-bond donors (Lipinski definition) is 2. The van der Waals surface area contributed by atoms with Crippen LogP contribution in [0.2, 0.25) is 0 Å². The fourth-order valence-corrected chi connectivity index (χ4v) is 3.27. The average Bonchev–Trinajstić information content (AvgIpc) is 2.59. The molecule has 0 aromatic heterocycles. The first-order valence-electron chi connectivity index (χ1n) is 5.33. The molecule has 1 aliphatic carbocycles. The normalized spacial score (nSPS) is 41.4. The quantitative estimate of drug-likeness (QED) is 0.659. The average molecular weight is 198 g/mol. The third kappa shape index (κ3) is 1.38. The molecular weight excluding hydrogens is 180 g/mol. The van der Waals surface area contributed by atoms with Crippen molar-refractivity contribution in [2.75, 3.05) is 13.1 Å². The molecule has 1 amide bonds. The number of carboxylic acid groups (broad SMARTS) is 1. The highest BCUT2D eigenvalue weighted by Gasteiger charge is 2.47. The Hall–Kier alpha value is -0.770. The van der Waals surface area contributed by atoms with Crippen molar-refractivity contribution in [3.8, 4) is 0 Å². The summed E-state index contributed by atoms with van der Waals surface area (Å²) in [7, 11) is 0. The fourth-order valence-electron chi connectivity index (χ4n) is 3.27. The molecule has 2 fully saturated rings. The van der Waals surface area contributed by atoms with Gasteiger partial charge in [-0.3, -0.25) is 0 Å². The van der Waals surface area contributed by atoms with Gasteiger partial charge in [-0.2, -0.15) is 0 Å². The predicted octanol–water partition coefficient (Wildman–Crippen LogP) is 0.970. The Labute approximate surface area is 84.1 Å². The molecule has 4 heteroatoms. The molecule has 14 heavy (non-hydrogen) atoms. The largest absolute Gasteiger partial charge is 0.465 e. The second kappa shape index (κ2) is 3.42. The highest BCUT2D eigenvalue weighted by molar-refractivity contribution is 5.66. The van der Waals surface area contributed by atoms with Crippen LogP contribution in [0.15, 0.2) is 0 Å². The number of likely N-dealkylation sites (tertiary alicyclic amines) is 1. The first kappa shape index (κ1) is 9.77. The summed E-state index contributed by atoms with van der Waals surface area (Å²) in [5.74, 6) is 1.83. The lowest BCUT2D eigenvalue weighted by molar-refractivity contribution is 0.133. The molecule has 0 spiro atoms. The van der Waals surface area contributed by atoms with Crippen LogP contribution in [0, 0.1) is 17.8 Å². The lowest BCUT2D eigenvalue weighted by atomic mass is 9.94.